The van der Waals surface area contributed by atoms with Crippen LogP contribution < -0.4 is 0 Å². The van der Waals surface area contributed by atoms with Gasteiger partial charge in [-0.1, -0.05) is 0 Å². The van der Waals surface area contributed by atoms with Crippen molar-refractivity contribution in [1.82, 2.24) is 0 Å². The molecule has 0 spiro atoms. The number of hydrogen-bond acceptors (Lipinski definition) is 6. The molecule has 6 nitrogen and oxygen atoms in total. The lowest BCUT2D eigenvalue weighted by molar-refractivity contribution is -0.143. The summed E-state index contributed by atoms with van der Waals surface area (Å²) in [6.07, 6.45) is 0.300. The lowest BCUT2D eigenvalue weighted by atomic mass is 10.2. The maximum absolute atomic E-state index is 12.7. The van der Waals surface area contributed by atoms with Gasteiger partial charge < -0.3 is 18.5 Å². The molecule has 3 atom stereocenters. The zero-order valence-corrected chi connectivity index (χ0v) is 12.9. The zero-order chi connectivity index (χ0) is 14.5. The standard InChI is InChI=1S/C12H23O6P/c1-5-15-12(13)11(8-10-9(4)18-10)19(14,16-6-2)17-7-3/h9-11H,5-8H2,1-4H3. The van der Waals surface area contributed by atoms with Crippen LogP contribution in [0.1, 0.15) is 34.1 Å². The van der Waals surface area contributed by atoms with Gasteiger partial charge in [-0.05, 0) is 27.7 Å². The van der Waals surface area contributed by atoms with Crippen molar-refractivity contribution in [2.75, 3.05) is 19.8 Å². The van der Waals surface area contributed by atoms with Crippen molar-refractivity contribution in [1.29, 1.82) is 0 Å². The van der Waals surface area contributed by atoms with E-state index in [1.807, 2.05) is 6.92 Å². The number of rotatable bonds is 9. The minimum absolute atomic E-state index is 0.0774. The Morgan fingerprint density at radius 3 is 2.11 bits per heavy atom. The Morgan fingerprint density at radius 1 is 1.21 bits per heavy atom. The highest BCUT2D eigenvalue weighted by molar-refractivity contribution is 7.55. The zero-order valence-electron chi connectivity index (χ0n) is 12.0. The summed E-state index contributed by atoms with van der Waals surface area (Å²) in [5.74, 6) is -0.546. The van der Waals surface area contributed by atoms with Crippen LogP contribution in [0, 0.1) is 0 Å². The topological polar surface area (TPSA) is 74.4 Å². The van der Waals surface area contributed by atoms with Crippen LogP contribution in [0.5, 0.6) is 0 Å². The third-order valence-electron chi connectivity index (χ3n) is 2.85. The van der Waals surface area contributed by atoms with E-state index < -0.39 is 19.2 Å². The Bertz CT molecular complexity index is 335. The van der Waals surface area contributed by atoms with E-state index in [-0.39, 0.29) is 32.0 Å². The number of ether oxygens (including phenoxy) is 2. The molecule has 1 saturated heterocycles. The van der Waals surface area contributed by atoms with E-state index in [0.29, 0.717) is 6.42 Å². The molecular formula is C12H23O6P. The lowest BCUT2D eigenvalue weighted by Crippen LogP contribution is -2.28. The quantitative estimate of drug-likeness (QED) is 0.369. The SMILES string of the molecule is CCOC(=O)C(CC1OC1C)P(=O)(OCC)OCC. The molecule has 112 valence electrons. The summed E-state index contributed by atoms with van der Waals surface area (Å²) in [6.45, 7) is 7.70. The van der Waals surface area contributed by atoms with Crippen molar-refractivity contribution in [3.8, 4) is 0 Å². The van der Waals surface area contributed by atoms with Crippen LogP contribution in [-0.4, -0.2) is 43.7 Å². The van der Waals surface area contributed by atoms with Gasteiger partial charge in [0, 0.05) is 6.42 Å². The predicted molar refractivity (Wildman–Crippen MR) is 70.2 cm³/mol. The maximum Gasteiger partial charge on any atom is 0.344 e. The smallest absolute Gasteiger partial charge is 0.344 e. The molecule has 1 aliphatic rings. The minimum Gasteiger partial charge on any atom is -0.465 e. The number of epoxide rings is 1. The Hall–Kier alpha value is -0.420. The molecule has 0 amide bonds. The normalized spacial score (nSPS) is 24.0. The summed E-state index contributed by atoms with van der Waals surface area (Å²) in [4.78, 5) is 12.0. The highest BCUT2D eigenvalue weighted by atomic mass is 31.2. The van der Waals surface area contributed by atoms with Gasteiger partial charge >= 0.3 is 13.6 Å². The number of carbonyl (C=O) groups excluding carboxylic acids is 1. The molecule has 0 aromatic rings. The predicted octanol–water partition coefficient (Wildman–Crippen LogP) is 2.36. The molecule has 3 unspecified atom stereocenters. The van der Waals surface area contributed by atoms with Crippen molar-refractivity contribution in [2.45, 2.75) is 52.0 Å². The highest BCUT2D eigenvalue weighted by Crippen LogP contribution is 2.56. The van der Waals surface area contributed by atoms with Crippen molar-refractivity contribution in [3.63, 3.8) is 0 Å². The first-order valence-corrected chi connectivity index (χ1v) is 8.30. The highest BCUT2D eigenvalue weighted by Gasteiger charge is 2.48. The summed E-state index contributed by atoms with van der Waals surface area (Å²) in [5, 5.41) is 0. The molecule has 0 saturated carbocycles. The third-order valence-corrected chi connectivity index (χ3v) is 5.27. The van der Waals surface area contributed by atoms with Crippen molar-refractivity contribution in [2.24, 2.45) is 0 Å². The summed E-state index contributed by atoms with van der Waals surface area (Å²) < 4.78 is 33.4. The number of hydrogen-bond donors (Lipinski definition) is 0. The van der Waals surface area contributed by atoms with Crippen LogP contribution >= 0.6 is 7.60 Å². The molecule has 1 rings (SSSR count). The van der Waals surface area contributed by atoms with Gasteiger partial charge in [0.15, 0.2) is 5.66 Å². The molecule has 0 radical (unpaired) electrons. The lowest BCUT2D eigenvalue weighted by Gasteiger charge is -2.24. The largest absolute Gasteiger partial charge is 0.465 e. The molecule has 0 aromatic heterocycles. The van der Waals surface area contributed by atoms with Crippen molar-refractivity contribution in [3.05, 3.63) is 0 Å². The van der Waals surface area contributed by atoms with Crippen LogP contribution in [-0.2, 0) is 27.9 Å². The minimum atomic E-state index is -3.51. The fraction of sp³-hybridized carbons (Fsp3) is 0.917. The van der Waals surface area contributed by atoms with Gasteiger partial charge in [-0.2, -0.15) is 0 Å². The second kappa shape index (κ2) is 7.39. The Kier molecular flexibility index (Phi) is 6.47. The van der Waals surface area contributed by atoms with Crippen LogP contribution in [0.2, 0.25) is 0 Å². The fourth-order valence-corrected chi connectivity index (χ4v) is 3.82. The van der Waals surface area contributed by atoms with Gasteiger partial charge in [0.05, 0.1) is 32.0 Å². The average Bonchev–Trinajstić information content (AvgIpc) is 3.03. The molecule has 1 aliphatic heterocycles. The van der Waals surface area contributed by atoms with E-state index in [4.69, 9.17) is 18.5 Å². The maximum atomic E-state index is 12.7. The van der Waals surface area contributed by atoms with E-state index in [9.17, 15) is 9.36 Å². The fourth-order valence-electron chi connectivity index (χ4n) is 1.87. The first kappa shape index (κ1) is 16.6. The number of esters is 1. The summed E-state index contributed by atoms with van der Waals surface area (Å²) >= 11 is 0. The molecule has 0 aliphatic carbocycles. The average molecular weight is 294 g/mol. The molecule has 1 heterocycles. The molecule has 0 N–H and O–H groups in total. The van der Waals surface area contributed by atoms with Gasteiger partial charge in [0.25, 0.3) is 0 Å². The second-order valence-electron chi connectivity index (χ2n) is 4.26. The van der Waals surface area contributed by atoms with Crippen LogP contribution in [0.15, 0.2) is 0 Å². The van der Waals surface area contributed by atoms with Crippen LogP contribution in [0.3, 0.4) is 0 Å². The Balaban J connectivity index is 2.84. The van der Waals surface area contributed by atoms with E-state index in [2.05, 4.69) is 0 Å². The number of carbonyl (C=O) groups is 1. The van der Waals surface area contributed by atoms with Gasteiger partial charge in [-0.3, -0.25) is 9.36 Å². The van der Waals surface area contributed by atoms with Crippen LogP contribution in [0.25, 0.3) is 0 Å². The van der Waals surface area contributed by atoms with Gasteiger partial charge in [0.1, 0.15) is 0 Å². The summed E-state index contributed by atoms with van der Waals surface area (Å²) in [5.41, 5.74) is -0.915. The van der Waals surface area contributed by atoms with E-state index >= 15 is 0 Å². The third kappa shape index (κ3) is 4.56. The van der Waals surface area contributed by atoms with E-state index in [0.717, 1.165) is 0 Å². The summed E-state index contributed by atoms with van der Waals surface area (Å²) in [6, 6.07) is 0. The molecule has 0 bridgehead atoms. The molecule has 0 aromatic carbocycles. The first-order chi connectivity index (χ1) is 8.98. The monoisotopic (exact) mass is 294 g/mol. The molecule has 7 heteroatoms. The van der Waals surface area contributed by atoms with Gasteiger partial charge in [-0.15, -0.1) is 0 Å². The second-order valence-corrected chi connectivity index (χ2v) is 6.48. The molecular weight excluding hydrogens is 271 g/mol. The van der Waals surface area contributed by atoms with Crippen LogP contribution in [0.4, 0.5) is 0 Å². The van der Waals surface area contributed by atoms with Gasteiger partial charge in [0.2, 0.25) is 0 Å². The Morgan fingerprint density at radius 2 is 1.74 bits per heavy atom. The van der Waals surface area contributed by atoms with Crippen molar-refractivity contribution >= 4 is 13.6 Å². The van der Waals surface area contributed by atoms with Gasteiger partial charge in [-0.25, -0.2) is 0 Å². The van der Waals surface area contributed by atoms with E-state index in [1.165, 1.54) is 0 Å². The first-order valence-electron chi connectivity index (χ1n) is 6.69. The Labute approximate surface area is 114 Å². The summed E-state index contributed by atoms with van der Waals surface area (Å²) in [7, 11) is -3.51. The molecule has 1 fully saturated rings. The van der Waals surface area contributed by atoms with Crippen molar-refractivity contribution < 1.29 is 27.9 Å². The molecule has 19 heavy (non-hydrogen) atoms. The van der Waals surface area contributed by atoms with E-state index in [1.54, 1.807) is 20.8 Å².